The van der Waals surface area contributed by atoms with Crippen LogP contribution in [-0.4, -0.2) is 12.6 Å². The van der Waals surface area contributed by atoms with Crippen molar-refractivity contribution < 1.29 is 9.53 Å². The van der Waals surface area contributed by atoms with Crippen LogP contribution in [0.3, 0.4) is 0 Å². The molecular formula is C15H21NO2. The van der Waals surface area contributed by atoms with Crippen LogP contribution in [0.2, 0.25) is 0 Å². The number of esters is 1. The Balaban J connectivity index is 1.88. The predicted octanol–water partition coefficient (Wildman–Crippen LogP) is 3.11. The van der Waals surface area contributed by atoms with Gasteiger partial charge in [-0.25, -0.2) is 0 Å². The van der Waals surface area contributed by atoms with E-state index >= 15 is 0 Å². The van der Waals surface area contributed by atoms with Crippen molar-refractivity contribution in [3.05, 3.63) is 29.8 Å². The average molecular weight is 247 g/mol. The van der Waals surface area contributed by atoms with Crippen molar-refractivity contribution in [3.8, 4) is 0 Å². The van der Waals surface area contributed by atoms with Crippen LogP contribution in [0.15, 0.2) is 24.3 Å². The number of carbonyl (C=O) groups excluding carboxylic acids is 1. The minimum atomic E-state index is -0.0551. The first kappa shape index (κ1) is 12.9. The fourth-order valence-corrected chi connectivity index (χ4v) is 2.79. The summed E-state index contributed by atoms with van der Waals surface area (Å²) >= 11 is 0. The van der Waals surface area contributed by atoms with Crippen LogP contribution in [0.1, 0.15) is 44.1 Å². The highest BCUT2D eigenvalue weighted by Gasteiger charge is 2.27. The van der Waals surface area contributed by atoms with E-state index < -0.39 is 0 Å². The van der Waals surface area contributed by atoms with Crippen molar-refractivity contribution in [3.63, 3.8) is 0 Å². The molecule has 0 saturated heterocycles. The molecule has 2 N–H and O–H groups in total. The highest BCUT2D eigenvalue weighted by molar-refractivity contribution is 5.69. The second-order valence-corrected chi connectivity index (χ2v) is 5.05. The number of ether oxygens (including phenoxy) is 1. The monoisotopic (exact) mass is 247 g/mol. The minimum absolute atomic E-state index is 0.0551. The smallest absolute Gasteiger partial charge is 0.306 e. The van der Waals surface area contributed by atoms with Crippen LogP contribution in [0.25, 0.3) is 0 Å². The zero-order valence-electron chi connectivity index (χ0n) is 10.9. The van der Waals surface area contributed by atoms with Gasteiger partial charge in [0.05, 0.1) is 6.61 Å². The second kappa shape index (κ2) is 5.89. The lowest BCUT2D eigenvalue weighted by molar-refractivity contribution is -0.144. The molecular weight excluding hydrogens is 226 g/mol. The summed E-state index contributed by atoms with van der Waals surface area (Å²) in [6.45, 7) is 2.33. The third-order valence-electron chi connectivity index (χ3n) is 3.71. The van der Waals surface area contributed by atoms with Crippen molar-refractivity contribution in [2.45, 2.75) is 38.5 Å². The molecule has 0 radical (unpaired) electrons. The maximum atomic E-state index is 11.4. The quantitative estimate of drug-likeness (QED) is 0.657. The summed E-state index contributed by atoms with van der Waals surface area (Å²) in [4.78, 5) is 11.4. The lowest BCUT2D eigenvalue weighted by Gasteiger charge is -2.11. The molecule has 0 heterocycles. The first-order valence-corrected chi connectivity index (χ1v) is 6.70. The van der Waals surface area contributed by atoms with Gasteiger partial charge < -0.3 is 10.5 Å². The lowest BCUT2D eigenvalue weighted by Crippen LogP contribution is -2.09. The van der Waals surface area contributed by atoms with Gasteiger partial charge in [0, 0.05) is 12.1 Å². The van der Waals surface area contributed by atoms with Gasteiger partial charge >= 0.3 is 5.97 Å². The molecule has 3 heteroatoms. The van der Waals surface area contributed by atoms with Crippen LogP contribution in [-0.2, 0) is 9.53 Å². The number of hydrogen-bond acceptors (Lipinski definition) is 3. The van der Waals surface area contributed by atoms with Gasteiger partial charge in [-0.1, -0.05) is 12.1 Å². The Morgan fingerprint density at radius 1 is 1.33 bits per heavy atom. The second-order valence-electron chi connectivity index (χ2n) is 5.05. The molecule has 1 saturated carbocycles. The van der Waals surface area contributed by atoms with Crippen LogP contribution < -0.4 is 5.73 Å². The van der Waals surface area contributed by atoms with Gasteiger partial charge in [0.1, 0.15) is 0 Å². The van der Waals surface area contributed by atoms with Gasteiger partial charge in [-0.05, 0) is 55.7 Å². The molecule has 2 rings (SSSR count). The molecule has 18 heavy (non-hydrogen) atoms. The van der Waals surface area contributed by atoms with Gasteiger partial charge in [0.25, 0.3) is 0 Å². The van der Waals surface area contributed by atoms with E-state index in [1.165, 1.54) is 5.56 Å². The Morgan fingerprint density at radius 3 is 2.72 bits per heavy atom. The number of benzene rings is 1. The van der Waals surface area contributed by atoms with Gasteiger partial charge in [-0.15, -0.1) is 0 Å². The van der Waals surface area contributed by atoms with E-state index in [4.69, 9.17) is 10.5 Å². The highest BCUT2D eigenvalue weighted by atomic mass is 16.5. The summed E-state index contributed by atoms with van der Waals surface area (Å²) in [6.07, 6.45) is 3.93. The van der Waals surface area contributed by atoms with Gasteiger partial charge in [0.15, 0.2) is 0 Å². The standard InChI is InChI=1S/C15H21NO2/c1-2-18-15(17)10-11-3-4-13(9-11)12-5-7-14(16)8-6-12/h5-8,11,13H,2-4,9-10,16H2,1H3. The van der Waals surface area contributed by atoms with Crippen molar-refractivity contribution >= 4 is 11.7 Å². The molecule has 1 fully saturated rings. The number of carbonyl (C=O) groups is 1. The van der Waals surface area contributed by atoms with Crippen LogP contribution >= 0.6 is 0 Å². The zero-order valence-corrected chi connectivity index (χ0v) is 10.9. The molecule has 1 aliphatic rings. The lowest BCUT2D eigenvalue weighted by atomic mass is 9.95. The fourth-order valence-electron chi connectivity index (χ4n) is 2.79. The van der Waals surface area contributed by atoms with Crippen LogP contribution in [0.4, 0.5) is 5.69 Å². The van der Waals surface area contributed by atoms with E-state index in [2.05, 4.69) is 12.1 Å². The van der Waals surface area contributed by atoms with E-state index in [0.29, 0.717) is 24.9 Å². The first-order valence-electron chi connectivity index (χ1n) is 6.70. The Morgan fingerprint density at radius 2 is 2.06 bits per heavy atom. The fraction of sp³-hybridized carbons (Fsp3) is 0.533. The Bertz CT molecular complexity index is 399. The summed E-state index contributed by atoms with van der Waals surface area (Å²) < 4.78 is 5.01. The largest absolute Gasteiger partial charge is 0.466 e. The first-order chi connectivity index (χ1) is 8.69. The molecule has 2 unspecified atom stereocenters. The molecule has 0 aromatic heterocycles. The summed E-state index contributed by atoms with van der Waals surface area (Å²) in [5, 5.41) is 0. The molecule has 0 aliphatic heterocycles. The van der Waals surface area contributed by atoms with Crippen molar-refractivity contribution in [2.24, 2.45) is 5.92 Å². The van der Waals surface area contributed by atoms with E-state index in [1.54, 1.807) is 0 Å². The summed E-state index contributed by atoms with van der Waals surface area (Å²) in [6, 6.07) is 8.11. The molecule has 0 amide bonds. The molecule has 98 valence electrons. The highest BCUT2D eigenvalue weighted by Crippen LogP contribution is 2.39. The van der Waals surface area contributed by atoms with Crippen molar-refractivity contribution in [1.29, 1.82) is 0 Å². The number of nitrogens with two attached hydrogens (primary N) is 1. The summed E-state index contributed by atoms with van der Waals surface area (Å²) in [5.74, 6) is 0.997. The Kier molecular flexibility index (Phi) is 4.24. The third-order valence-corrected chi connectivity index (χ3v) is 3.71. The SMILES string of the molecule is CCOC(=O)CC1CCC(c2ccc(N)cc2)C1. The van der Waals surface area contributed by atoms with Gasteiger partial charge in [-0.2, -0.15) is 0 Å². The molecule has 0 spiro atoms. The topological polar surface area (TPSA) is 52.3 Å². The van der Waals surface area contributed by atoms with Crippen molar-refractivity contribution in [1.82, 2.24) is 0 Å². The summed E-state index contributed by atoms with van der Waals surface area (Å²) in [5.41, 5.74) is 7.84. The maximum absolute atomic E-state index is 11.4. The molecule has 1 aliphatic carbocycles. The van der Waals surface area contributed by atoms with Crippen LogP contribution in [0.5, 0.6) is 0 Å². The number of hydrogen-bond donors (Lipinski definition) is 1. The van der Waals surface area contributed by atoms with E-state index in [0.717, 1.165) is 24.9 Å². The third kappa shape index (κ3) is 3.25. The molecule has 2 atom stereocenters. The normalized spacial score (nSPS) is 22.9. The van der Waals surface area contributed by atoms with Crippen molar-refractivity contribution in [2.75, 3.05) is 12.3 Å². The van der Waals surface area contributed by atoms with Gasteiger partial charge in [-0.3, -0.25) is 4.79 Å². The number of nitrogen functional groups attached to an aromatic ring is 1. The van der Waals surface area contributed by atoms with Gasteiger partial charge in [0.2, 0.25) is 0 Å². The predicted molar refractivity (Wildman–Crippen MR) is 72.2 cm³/mol. The maximum Gasteiger partial charge on any atom is 0.306 e. The number of rotatable bonds is 4. The number of anilines is 1. The Hall–Kier alpha value is -1.51. The van der Waals surface area contributed by atoms with E-state index in [1.807, 2.05) is 19.1 Å². The van der Waals surface area contributed by atoms with Crippen LogP contribution in [0, 0.1) is 5.92 Å². The molecule has 1 aromatic rings. The minimum Gasteiger partial charge on any atom is -0.466 e. The molecule has 1 aromatic carbocycles. The average Bonchev–Trinajstić information content (AvgIpc) is 2.78. The zero-order chi connectivity index (χ0) is 13.0. The molecule has 0 bridgehead atoms. The summed E-state index contributed by atoms with van der Waals surface area (Å²) in [7, 11) is 0. The van der Waals surface area contributed by atoms with E-state index in [9.17, 15) is 4.79 Å². The Labute approximate surface area is 108 Å². The molecule has 3 nitrogen and oxygen atoms in total. The van der Waals surface area contributed by atoms with E-state index in [-0.39, 0.29) is 5.97 Å².